The van der Waals surface area contributed by atoms with E-state index in [1.54, 1.807) is 0 Å². The number of hydrogen-bond donors (Lipinski definition) is 0. The van der Waals surface area contributed by atoms with Crippen LogP contribution < -0.4 is 0 Å². The molecule has 0 spiro atoms. The summed E-state index contributed by atoms with van der Waals surface area (Å²) in [6.07, 6.45) is 1.50. The van der Waals surface area contributed by atoms with Crippen LogP contribution in [0.25, 0.3) is 0 Å². The summed E-state index contributed by atoms with van der Waals surface area (Å²) in [5.41, 5.74) is 0. The van der Waals surface area contributed by atoms with Crippen LogP contribution in [0.4, 0.5) is 0 Å². The second-order valence-corrected chi connectivity index (χ2v) is 0.289. The van der Waals surface area contributed by atoms with Crippen molar-refractivity contribution in [1.29, 1.82) is 0 Å². The predicted octanol–water partition coefficient (Wildman–Crippen LogP) is 1.01. The van der Waals surface area contributed by atoms with Crippen LogP contribution in [0.15, 0.2) is 12.7 Å². The first-order valence-corrected chi connectivity index (χ1v) is 0.816. The minimum atomic E-state index is 0. The molecule has 22 valence electrons. The van der Waals surface area contributed by atoms with E-state index in [0.29, 0.717) is 0 Å². The zero-order valence-corrected chi connectivity index (χ0v) is 5.70. The van der Waals surface area contributed by atoms with Crippen LogP contribution in [0, 0.1) is 47.8 Å². The summed E-state index contributed by atoms with van der Waals surface area (Å²) >= 11 is 0. The molecule has 0 aromatic rings. The number of hydrogen-bond acceptors (Lipinski definition) is 0. The molecule has 0 saturated heterocycles. The first kappa shape index (κ1) is 8.88. The minimum Gasteiger partial charge on any atom is -0.245 e. The predicted molar refractivity (Wildman–Crippen MR) is 15.6 cm³/mol. The molecule has 0 aliphatic rings. The van der Waals surface area contributed by atoms with E-state index in [2.05, 4.69) is 13.5 Å². The third-order valence-electron chi connectivity index (χ3n) is 0. The van der Waals surface area contributed by atoms with Crippen LogP contribution in [0.2, 0.25) is 0 Å². The van der Waals surface area contributed by atoms with Gasteiger partial charge in [0, 0.05) is 40.8 Å². The van der Waals surface area contributed by atoms with Gasteiger partial charge in [-0.1, -0.05) is 0 Å². The van der Waals surface area contributed by atoms with Crippen molar-refractivity contribution in [3.63, 3.8) is 0 Å². The fourth-order valence-corrected chi connectivity index (χ4v) is 0. The molecule has 0 fully saturated rings. The monoisotopic (exact) mass is 183 g/mol. The van der Waals surface area contributed by atoms with Gasteiger partial charge in [0.05, 0.1) is 0 Å². The summed E-state index contributed by atoms with van der Waals surface area (Å²) in [6.45, 7) is 6.50. The number of rotatable bonds is 0. The quantitative estimate of drug-likeness (QED) is 0.494. The molecule has 0 rings (SSSR count). The average molecular weight is 185 g/mol. The Balaban J connectivity index is 0. The summed E-state index contributed by atoms with van der Waals surface area (Å²) in [7, 11) is 0. The number of allylic oxidation sites excluding steroid dienone is 1. The van der Waals surface area contributed by atoms with E-state index < -0.39 is 0 Å². The molecule has 0 heterocycles. The Labute approximate surface area is 59.8 Å². The van der Waals surface area contributed by atoms with Crippen molar-refractivity contribution in [2.45, 2.75) is 0 Å². The van der Waals surface area contributed by atoms with E-state index in [1.807, 2.05) is 0 Å². The van der Waals surface area contributed by atoms with Gasteiger partial charge in [-0.15, -0.1) is 0 Å². The van der Waals surface area contributed by atoms with Crippen LogP contribution in [0.1, 0.15) is 0 Å². The SMILES string of the molecule is C=C[CH2-].[Nd]. The zero-order valence-electron chi connectivity index (χ0n) is 2.49. The zero-order chi connectivity index (χ0) is 2.71. The average Bonchev–Trinajstić information content (AvgIpc) is 0.918. The van der Waals surface area contributed by atoms with E-state index >= 15 is 0 Å². The first-order valence-electron chi connectivity index (χ1n) is 0.816. The molecule has 0 aromatic carbocycles. The molecular formula is C3H5Nd-. The summed E-state index contributed by atoms with van der Waals surface area (Å²) < 4.78 is 0. The Kier molecular flexibility index (Phi) is 20.0. The van der Waals surface area contributed by atoms with Gasteiger partial charge in [0.25, 0.3) is 0 Å². The van der Waals surface area contributed by atoms with Crippen LogP contribution in [-0.4, -0.2) is 0 Å². The van der Waals surface area contributed by atoms with E-state index in [-0.39, 0.29) is 40.8 Å². The summed E-state index contributed by atoms with van der Waals surface area (Å²) in [6, 6.07) is 0. The van der Waals surface area contributed by atoms with Gasteiger partial charge in [0.2, 0.25) is 0 Å². The third-order valence-corrected chi connectivity index (χ3v) is 0. The Morgan fingerprint density at radius 1 is 1.75 bits per heavy atom. The van der Waals surface area contributed by atoms with Gasteiger partial charge in [-0.3, -0.25) is 0 Å². The van der Waals surface area contributed by atoms with Crippen molar-refractivity contribution in [3.8, 4) is 0 Å². The second-order valence-electron chi connectivity index (χ2n) is 0.289. The Hall–Kier alpha value is 0.961. The van der Waals surface area contributed by atoms with Crippen molar-refractivity contribution in [3.05, 3.63) is 19.6 Å². The molecular weight excluding hydrogens is 180 g/mol. The Morgan fingerprint density at radius 2 is 1.75 bits per heavy atom. The van der Waals surface area contributed by atoms with Crippen molar-refractivity contribution < 1.29 is 40.8 Å². The van der Waals surface area contributed by atoms with Gasteiger partial charge >= 0.3 is 0 Å². The van der Waals surface area contributed by atoms with E-state index in [1.165, 1.54) is 6.08 Å². The first-order chi connectivity index (χ1) is 1.41. The van der Waals surface area contributed by atoms with Gasteiger partial charge < -0.3 is 0 Å². The Bertz CT molecular complexity index is 10.8. The van der Waals surface area contributed by atoms with Crippen molar-refractivity contribution >= 4 is 0 Å². The molecule has 0 nitrogen and oxygen atoms in total. The fourth-order valence-electron chi connectivity index (χ4n) is 0. The van der Waals surface area contributed by atoms with E-state index in [4.69, 9.17) is 0 Å². The smallest absolute Gasteiger partial charge is 0 e. The maximum Gasteiger partial charge on any atom is 0 e. The molecule has 0 unspecified atom stereocenters. The summed E-state index contributed by atoms with van der Waals surface area (Å²) in [5.74, 6) is 0. The van der Waals surface area contributed by atoms with Crippen LogP contribution in [0.3, 0.4) is 0 Å². The van der Waals surface area contributed by atoms with Gasteiger partial charge in [0.15, 0.2) is 0 Å². The fraction of sp³-hybridized carbons (Fsp3) is 0. The minimum absolute atomic E-state index is 0. The van der Waals surface area contributed by atoms with Gasteiger partial charge in [-0.05, 0) is 0 Å². The molecule has 0 amide bonds. The van der Waals surface area contributed by atoms with E-state index in [9.17, 15) is 0 Å². The molecule has 0 saturated carbocycles. The van der Waals surface area contributed by atoms with Crippen LogP contribution >= 0.6 is 0 Å². The van der Waals surface area contributed by atoms with Crippen LogP contribution in [-0.2, 0) is 0 Å². The largest absolute Gasteiger partial charge is 0.245 e. The molecule has 4 heavy (non-hydrogen) atoms. The molecule has 0 radical (unpaired) electrons. The molecule has 0 aromatic heterocycles. The Morgan fingerprint density at radius 3 is 1.75 bits per heavy atom. The maximum absolute atomic E-state index is 3.25. The van der Waals surface area contributed by atoms with Gasteiger partial charge in [-0.25, -0.2) is 19.6 Å². The topological polar surface area (TPSA) is 0 Å². The van der Waals surface area contributed by atoms with Gasteiger partial charge in [-0.2, -0.15) is 0 Å². The second kappa shape index (κ2) is 9.03. The normalized spacial score (nSPS) is 3.00. The van der Waals surface area contributed by atoms with Crippen molar-refractivity contribution in [2.75, 3.05) is 0 Å². The van der Waals surface area contributed by atoms with Crippen molar-refractivity contribution in [2.24, 2.45) is 0 Å². The van der Waals surface area contributed by atoms with E-state index in [0.717, 1.165) is 0 Å². The van der Waals surface area contributed by atoms with Crippen LogP contribution in [0.5, 0.6) is 0 Å². The third kappa shape index (κ3) is 12.3. The molecule has 1 heteroatoms. The molecule has 0 atom stereocenters. The molecule has 0 aliphatic carbocycles. The summed E-state index contributed by atoms with van der Waals surface area (Å²) in [4.78, 5) is 0. The van der Waals surface area contributed by atoms with Crippen molar-refractivity contribution in [1.82, 2.24) is 0 Å². The molecule has 0 N–H and O–H groups in total. The standard InChI is InChI=1S/C3H5.Nd/c1-3-2;/h3H,1-2H2;/q-1;. The molecule has 0 bridgehead atoms. The maximum atomic E-state index is 3.25. The summed E-state index contributed by atoms with van der Waals surface area (Å²) in [5, 5.41) is 0. The van der Waals surface area contributed by atoms with Gasteiger partial charge in [0.1, 0.15) is 0 Å². The molecule has 0 aliphatic heterocycles.